The molecule has 14 heavy (non-hydrogen) atoms. The maximum absolute atomic E-state index is 11.9. The van der Waals surface area contributed by atoms with Gasteiger partial charge in [0.15, 0.2) is 0 Å². The van der Waals surface area contributed by atoms with Crippen LogP contribution in [0.4, 0.5) is 4.39 Å². The molecule has 1 nitrogen and oxygen atoms in total. The number of hydrogen-bond donors (Lipinski definition) is 0. The summed E-state index contributed by atoms with van der Waals surface area (Å²) in [6.07, 6.45) is 6.89. The van der Waals surface area contributed by atoms with Crippen LogP contribution in [0, 0.1) is 17.2 Å². The standard InChI is InChI=1S/C12H16FN/c1-3-5-12(6-4-9-13)8-7-11(2)10-14/h4,7-8,11H,3,5,9H2,1-2H3/b8-7-. The van der Waals surface area contributed by atoms with Crippen molar-refractivity contribution in [3.8, 4) is 6.07 Å². The molecule has 0 heterocycles. The molecule has 0 aliphatic heterocycles. The van der Waals surface area contributed by atoms with E-state index in [1.54, 1.807) is 0 Å². The van der Waals surface area contributed by atoms with Crippen LogP contribution in [-0.4, -0.2) is 6.67 Å². The van der Waals surface area contributed by atoms with Gasteiger partial charge in [0.05, 0.1) is 12.0 Å². The molecular weight excluding hydrogens is 177 g/mol. The number of hydrogen-bond acceptors (Lipinski definition) is 1. The van der Waals surface area contributed by atoms with Crippen LogP contribution < -0.4 is 0 Å². The first-order valence-corrected chi connectivity index (χ1v) is 4.82. The molecule has 0 aromatic heterocycles. The van der Waals surface area contributed by atoms with Crippen LogP contribution in [-0.2, 0) is 0 Å². The van der Waals surface area contributed by atoms with Crippen molar-refractivity contribution in [3.63, 3.8) is 0 Å². The number of alkyl halides is 1. The first-order chi connectivity index (χ1) is 6.74. The largest absolute Gasteiger partial charge is 0.246 e. The lowest BCUT2D eigenvalue weighted by atomic mass is 10.1. The van der Waals surface area contributed by atoms with E-state index in [2.05, 4.69) is 18.7 Å². The highest BCUT2D eigenvalue weighted by Gasteiger charge is 1.93. The van der Waals surface area contributed by atoms with Gasteiger partial charge >= 0.3 is 0 Å². The Morgan fingerprint density at radius 3 is 2.79 bits per heavy atom. The van der Waals surface area contributed by atoms with E-state index in [9.17, 15) is 4.39 Å². The molecule has 0 rings (SSSR count). The van der Waals surface area contributed by atoms with Gasteiger partial charge < -0.3 is 0 Å². The van der Waals surface area contributed by atoms with Crippen LogP contribution in [0.2, 0.25) is 0 Å². The molecule has 1 unspecified atom stereocenters. The van der Waals surface area contributed by atoms with Gasteiger partial charge in [-0.1, -0.05) is 25.5 Å². The molecular formula is C12H16FN. The zero-order valence-corrected chi connectivity index (χ0v) is 8.76. The molecule has 1 atom stereocenters. The third-order valence-electron chi connectivity index (χ3n) is 1.67. The van der Waals surface area contributed by atoms with Crippen LogP contribution in [0.5, 0.6) is 0 Å². The Bertz CT molecular complexity index is 277. The zero-order valence-electron chi connectivity index (χ0n) is 8.76. The van der Waals surface area contributed by atoms with E-state index < -0.39 is 6.67 Å². The molecule has 0 saturated heterocycles. The van der Waals surface area contributed by atoms with Gasteiger partial charge in [0.25, 0.3) is 0 Å². The lowest BCUT2D eigenvalue weighted by Crippen LogP contribution is -1.83. The highest BCUT2D eigenvalue weighted by atomic mass is 19.1. The quantitative estimate of drug-likeness (QED) is 0.484. The number of nitriles is 1. The van der Waals surface area contributed by atoms with Gasteiger partial charge in [-0.15, -0.1) is 5.73 Å². The molecule has 0 radical (unpaired) electrons. The van der Waals surface area contributed by atoms with E-state index in [0.29, 0.717) is 0 Å². The van der Waals surface area contributed by atoms with Crippen molar-refractivity contribution in [2.45, 2.75) is 26.7 Å². The molecule has 0 aliphatic rings. The summed E-state index contributed by atoms with van der Waals surface area (Å²) in [6.45, 7) is 3.38. The second kappa shape index (κ2) is 8.29. The van der Waals surface area contributed by atoms with Crippen molar-refractivity contribution >= 4 is 0 Å². The number of halogens is 1. The number of allylic oxidation sites excluding steroid dienone is 3. The van der Waals surface area contributed by atoms with Crippen LogP contribution >= 0.6 is 0 Å². The summed E-state index contributed by atoms with van der Waals surface area (Å²) in [4.78, 5) is 0. The molecule has 0 fully saturated rings. The predicted octanol–water partition coefficient (Wildman–Crippen LogP) is 3.55. The molecule has 0 aromatic carbocycles. The van der Waals surface area contributed by atoms with E-state index in [4.69, 9.17) is 5.26 Å². The number of nitrogens with zero attached hydrogens (tertiary/aromatic N) is 1. The lowest BCUT2D eigenvalue weighted by molar-refractivity contribution is 0.562. The highest BCUT2D eigenvalue weighted by Crippen LogP contribution is 2.07. The smallest absolute Gasteiger partial charge is 0.115 e. The summed E-state index contributed by atoms with van der Waals surface area (Å²) >= 11 is 0. The van der Waals surface area contributed by atoms with Crippen molar-refractivity contribution in [2.24, 2.45) is 5.92 Å². The van der Waals surface area contributed by atoms with Gasteiger partial charge in [-0.05, 0) is 25.0 Å². The second-order valence-corrected chi connectivity index (χ2v) is 3.05. The Kier molecular flexibility index (Phi) is 7.50. The minimum atomic E-state index is -0.491. The maximum atomic E-state index is 11.9. The summed E-state index contributed by atoms with van der Waals surface area (Å²) in [5.41, 5.74) is 3.82. The molecule has 0 N–H and O–H groups in total. The minimum absolute atomic E-state index is 0.103. The summed E-state index contributed by atoms with van der Waals surface area (Å²) < 4.78 is 11.9. The third kappa shape index (κ3) is 6.22. The fourth-order valence-corrected chi connectivity index (χ4v) is 0.946. The first kappa shape index (κ1) is 12.7. The maximum Gasteiger partial charge on any atom is 0.115 e. The molecule has 0 bridgehead atoms. The molecule has 0 aromatic rings. The van der Waals surface area contributed by atoms with E-state index in [-0.39, 0.29) is 5.92 Å². The second-order valence-electron chi connectivity index (χ2n) is 3.05. The molecule has 76 valence electrons. The van der Waals surface area contributed by atoms with Gasteiger partial charge in [0.2, 0.25) is 0 Å². The molecule has 0 spiro atoms. The molecule has 0 amide bonds. The Morgan fingerprint density at radius 1 is 1.57 bits per heavy atom. The Balaban J connectivity index is 4.46. The van der Waals surface area contributed by atoms with Crippen molar-refractivity contribution in [3.05, 3.63) is 29.5 Å². The monoisotopic (exact) mass is 193 g/mol. The van der Waals surface area contributed by atoms with Crippen LogP contribution in [0.25, 0.3) is 0 Å². The van der Waals surface area contributed by atoms with Crippen molar-refractivity contribution in [2.75, 3.05) is 6.67 Å². The van der Waals surface area contributed by atoms with E-state index in [1.165, 1.54) is 6.08 Å². The Morgan fingerprint density at radius 2 is 2.29 bits per heavy atom. The zero-order chi connectivity index (χ0) is 10.8. The van der Waals surface area contributed by atoms with Crippen LogP contribution in [0.15, 0.2) is 29.5 Å². The van der Waals surface area contributed by atoms with E-state index in [0.717, 1.165) is 18.4 Å². The lowest BCUT2D eigenvalue weighted by Gasteiger charge is -1.95. The molecule has 2 heteroatoms. The minimum Gasteiger partial charge on any atom is -0.246 e. The summed E-state index contributed by atoms with van der Waals surface area (Å²) in [7, 11) is 0. The average molecular weight is 193 g/mol. The molecule has 0 saturated carbocycles. The average Bonchev–Trinajstić information content (AvgIpc) is 2.21. The fraction of sp³-hybridized carbons (Fsp3) is 0.500. The fourth-order valence-electron chi connectivity index (χ4n) is 0.946. The van der Waals surface area contributed by atoms with Crippen molar-refractivity contribution in [1.29, 1.82) is 5.26 Å². The Labute approximate surface area is 85.2 Å². The summed E-state index contributed by atoms with van der Waals surface area (Å²) in [5.74, 6) is -0.103. The van der Waals surface area contributed by atoms with E-state index in [1.807, 2.05) is 19.1 Å². The van der Waals surface area contributed by atoms with Gasteiger partial charge in [0.1, 0.15) is 6.67 Å². The molecule has 0 aliphatic carbocycles. The van der Waals surface area contributed by atoms with Crippen LogP contribution in [0.1, 0.15) is 26.7 Å². The van der Waals surface area contributed by atoms with Gasteiger partial charge in [0, 0.05) is 0 Å². The normalized spacial score (nSPS) is 11.9. The summed E-state index contributed by atoms with van der Waals surface area (Å²) in [5, 5.41) is 8.55. The number of rotatable bonds is 5. The van der Waals surface area contributed by atoms with Gasteiger partial charge in [-0.2, -0.15) is 5.26 Å². The predicted molar refractivity (Wildman–Crippen MR) is 56.4 cm³/mol. The van der Waals surface area contributed by atoms with Crippen molar-refractivity contribution in [1.82, 2.24) is 0 Å². The third-order valence-corrected chi connectivity index (χ3v) is 1.67. The topological polar surface area (TPSA) is 23.8 Å². The van der Waals surface area contributed by atoms with Crippen LogP contribution in [0.3, 0.4) is 0 Å². The highest BCUT2D eigenvalue weighted by molar-refractivity contribution is 5.20. The van der Waals surface area contributed by atoms with Crippen molar-refractivity contribution < 1.29 is 4.39 Å². The van der Waals surface area contributed by atoms with Gasteiger partial charge in [-0.3, -0.25) is 0 Å². The van der Waals surface area contributed by atoms with E-state index >= 15 is 0 Å². The van der Waals surface area contributed by atoms with Gasteiger partial charge in [-0.25, -0.2) is 4.39 Å². The Hall–Kier alpha value is -1.32. The first-order valence-electron chi connectivity index (χ1n) is 4.82. The SMILES string of the molecule is CCCC(=C=CCF)/C=C\C(C)C#N. The summed E-state index contributed by atoms with van der Waals surface area (Å²) in [6, 6.07) is 2.11.